The largest absolute Gasteiger partial charge is 0.486 e. The van der Waals surface area contributed by atoms with E-state index in [1.807, 2.05) is 18.2 Å². The van der Waals surface area contributed by atoms with Gasteiger partial charge < -0.3 is 14.4 Å². The van der Waals surface area contributed by atoms with Crippen molar-refractivity contribution in [1.29, 1.82) is 0 Å². The Morgan fingerprint density at radius 1 is 1.05 bits per heavy atom. The van der Waals surface area contributed by atoms with Gasteiger partial charge in [0.2, 0.25) is 0 Å². The zero-order valence-electron chi connectivity index (χ0n) is 19.2. The standard InChI is InChI=1S/C26H18Br2Cl2N2O4S/c1-35-23(33)13-31-22(25(34)32(26(31)37)18-8-6-17(29)7-9-18)12-15-10-19(27)24(20(28)11-15)36-14-16-4-2-3-5-21(16)30/h2-12H,13-14H2,1H3/b22-12-. The number of ether oxygens (including phenoxy) is 2. The van der Waals surface area contributed by atoms with Crippen LogP contribution in [-0.4, -0.2) is 35.5 Å². The zero-order valence-corrected chi connectivity index (χ0v) is 24.7. The number of thiocarbonyl (C=S) groups is 1. The van der Waals surface area contributed by atoms with E-state index in [0.29, 0.717) is 36.0 Å². The van der Waals surface area contributed by atoms with Gasteiger partial charge in [0.05, 0.1) is 21.7 Å². The minimum atomic E-state index is -0.537. The van der Waals surface area contributed by atoms with Crippen LogP contribution in [0.2, 0.25) is 10.0 Å². The molecule has 0 radical (unpaired) electrons. The van der Waals surface area contributed by atoms with Gasteiger partial charge in [-0.1, -0.05) is 41.4 Å². The summed E-state index contributed by atoms with van der Waals surface area (Å²) >= 11 is 24.9. The van der Waals surface area contributed by atoms with E-state index in [2.05, 4.69) is 31.9 Å². The third kappa shape index (κ3) is 6.18. The molecule has 1 fully saturated rings. The molecule has 3 aromatic rings. The fourth-order valence-electron chi connectivity index (χ4n) is 3.57. The van der Waals surface area contributed by atoms with Crippen molar-refractivity contribution in [1.82, 2.24) is 4.90 Å². The molecule has 6 nitrogen and oxygen atoms in total. The number of methoxy groups -OCH3 is 1. The maximum Gasteiger partial charge on any atom is 0.325 e. The van der Waals surface area contributed by atoms with Crippen LogP contribution in [-0.2, 0) is 20.9 Å². The first-order valence-electron chi connectivity index (χ1n) is 10.7. The molecule has 3 aromatic carbocycles. The Kier molecular flexibility index (Phi) is 8.92. The minimum absolute atomic E-state index is 0.154. The third-order valence-electron chi connectivity index (χ3n) is 5.39. The van der Waals surface area contributed by atoms with E-state index in [1.165, 1.54) is 16.9 Å². The van der Waals surface area contributed by atoms with E-state index < -0.39 is 5.97 Å². The zero-order chi connectivity index (χ0) is 26.7. The Labute approximate surface area is 246 Å². The molecular formula is C26H18Br2Cl2N2O4S. The summed E-state index contributed by atoms with van der Waals surface area (Å²) in [4.78, 5) is 28.4. The lowest BCUT2D eigenvalue weighted by Crippen LogP contribution is -2.35. The lowest BCUT2D eigenvalue weighted by molar-refractivity contribution is -0.140. The maximum absolute atomic E-state index is 13.5. The van der Waals surface area contributed by atoms with Gasteiger partial charge in [-0.15, -0.1) is 0 Å². The highest BCUT2D eigenvalue weighted by Crippen LogP contribution is 2.37. The van der Waals surface area contributed by atoms with Crippen molar-refractivity contribution < 1.29 is 19.1 Å². The van der Waals surface area contributed by atoms with Crippen molar-refractivity contribution in [3.8, 4) is 5.75 Å². The number of carbonyl (C=O) groups excluding carboxylic acids is 2. The van der Waals surface area contributed by atoms with Crippen LogP contribution >= 0.6 is 67.3 Å². The number of esters is 1. The molecule has 0 unspecified atom stereocenters. The highest BCUT2D eigenvalue weighted by atomic mass is 79.9. The quantitative estimate of drug-likeness (QED) is 0.149. The summed E-state index contributed by atoms with van der Waals surface area (Å²) in [6.45, 7) is 0.0470. The predicted octanol–water partition coefficient (Wildman–Crippen LogP) is 7.25. The monoisotopic (exact) mass is 682 g/mol. The summed E-state index contributed by atoms with van der Waals surface area (Å²) in [6, 6.07) is 17.7. The van der Waals surface area contributed by atoms with Gasteiger partial charge in [0.25, 0.3) is 5.91 Å². The van der Waals surface area contributed by atoms with Gasteiger partial charge in [-0.2, -0.15) is 0 Å². The normalized spacial score (nSPS) is 14.5. The SMILES string of the molecule is COC(=O)CN1C(=S)N(c2ccc(Cl)cc2)C(=O)/C1=C/c1cc(Br)c(OCc2ccccc2Cl)c(Br)c1. The van der Waals surface area contributed by atoms with Crippen molar-refractivity contribution in [2.75, 3.05) is 18.6 Å². The Morgan fingerprint density at radius 3 is 2.32 bits per heavy atom. The topological polar surface area (TPSA) is 59.1 Å². The van der Waals surface area contributed by atoms with Crippen molar-refractivity contribution in [2.45, 2.75) is 6.61 Å². The number of anilines is 1. The first-order chi connectivity index (χ1) is 17.7. The molecule has 190 valence electrons. The molecule has 11 heteroatoms. The summed E-state index contributed by atoms with van der Waals surface area (Å²) in [7, 11) is 1.28. The van der Waals surface area contributed by atoms with E-state index >= 15 is 0 Å². The van der Waals surface area contributed by atoms with Gasteiger partial charge in [0.1, 0.15) is 24.6 Å². The average molecular weight is 685 g/mol. The van der Waals surface area contributed by atoms with Gasteiger partial charge in [0.15, 0.2) is 5.11 Å². The molecule has 1 amide bonds. The average Bonchev–Trinajstić information content (AvgIpc) is 3.09. The molecule has 0 bridgehead atoms. The number of hydrogen-bond donors (Lipinski definition) is 0. The second kappa shape index (κ2) is 12.0. The molecule has 0 aliphatic carbocycles. The van der Waals surface area contributed by atoms with Crippen LogP contribution in [0.4, 0.5) is 5.69 Å². The van der Waals surface area contributed by atoms with Gasteiger partial charge in [-0.25, -0.2) is 0 Å². The number of carbonyl (C=O) groups is 2. The van der Waals surface area contributed by atoms with Gasteiger partial charge >= 0.3 is 5.97 Å². The second-order valence-corrected chi connectivity index (χ2v) is 10.7. The second-order valence-electron chi connectivity index (χ2n) is 7.79. The van der Waals surface area contributed by atoms with Crippen LogP contribution in [0.25, 0.3) is 6.08 Å². The maximum atomic E-state index is 13.5. The smallest absolute Gasteiger partial charge is 0.325 e. The molecule has 1 heterocycles. The number of benzene rings is 3. The number of rotatable bonds is 7. The first kappa shape index (κ1) is 27.6. The van der Waals surface area contributed by atoms with Crippen molar-refractivity contribution >= 4 is 96.0 Å². The summed E-state index contributed by atoms with van der Waals surface area (Å²) in [5.74, 6) is -0.350. The molecule has 0 saturated carbocycles. The number of nitrogens with zero attached hydrogens (tertiary/aromatic N) is 2. The number of halogens is 4. The fraction of sp³-hybridized carbons (Fsp3) is 0.115. The van der Waals surface area contributed by atoms with Crippen LogP contribution in [0.3, 0.4) is 0 Å². The fourth-order valence-corrected chi connectivity index (χ4v) is 5.69. The molecule has 1 aliphatic heterocycles. The number of amides is 1. The lowest BCUT2D eigenvalue weighted by atomic mass is 10.1. The summed E-state index contributed by atoms with van der Waals surface area (Å²) in [6.07, 6.45) is 1.65. The van der Waals surface area contributed by atoms with E-state index in [0.717, 1.165) is 5.56 Å². The molecule has 0 N–H and O–H groups in total. The summed E-state index contributed by atoms with van der Waals surface area (Å²) in [5, 5.41) is 1.29. The molecule has 4 rings (SSSR count). The lowest BCUT2D eigenvalue weighted by Gasteiger charge is -2.19. The Hall–Kier alpha value is -2.43. The van der Waals surface area contributed by atoms with Crippen molar-refractivity contribution in [2.24, 2.45) is 0 Å². The molecule has 1 aliphatic rings. The van der Waals surface area contributed by atoms with Crippen molar-refractivity contribution in [3.05, 3.63) is 96.5 Å². The summed E-state index contributed by atoms with van der Waals surface area (Å²) < 4.78 is 12.1. The van der Waals surface area contributed by atoms with E-state index in [1.54, 1.807) is 48.5 Å². The van der Waals surface area contributed by atoms with Crippen molar-refractivity contribution in [3.63, 3.8) is 0 Å². The third-order valence-corrected chi connectivity index (χ3v) is 7.59. The molecule has 0 spiro atoms. The molecule has 1 saturated heterocycles. The first-order valence-corrected chi connectivity index (χ1v) is 13.5. The molecular weight excluding hydrogens is 667 g/mol. The highest BCUT2D eigenvalue weighted by molar-refractivity contribution is 9.11. The van der Waals surface area contributed by atoms with Gasteiger partial charge in [-0.3, -0.25) is 14.5 Å². The van der Waals surface area contributed by atoms with Crippen LogP contribution in [0, 0.1) is 0 Å². The van der Waals surface area contributed by atoms with Crippen LogP contribution in [0.5, 0.6) is 5.75 Å². The minimum Gasteiger partial charge on any atom is -0.486 e. The van der Waals surface area contributed by atoms with Crippen LogP contribution in [0.1, 0.15) is 11.1 Å². The van der Waals surface area contributed by atoms with Gasteiger partial charge in [-0.05, 0) is 98.2 Å². The molecule has 37 heavy (non-hydrogen) atoms. The Bertz CT molecular complexity index is 1390. The molecule has 0 aromatic heterocycles. The van der Waals surface area contributed by atoms with E-state index in [-0.39, 0.29) is 29.9 Å². The number of hydrogen-bond acceptors (Lipinski definition) is 5. The van der Waals surface area contributed by atoms with E-state index in [4.69, 9.17) is 44.9 Å². The predicted molar refractivity (Wildman–Crippen MR) is 156 cm³/mol. The van der Waals surface area contributed by atoms with Crippen LogP contribution in [0.15, 0.2) is 75.3 Å². The highest BCUT2D eigenvalue weighted by Gasteiger charge is 2.40. The molecule has 0 atom stereocenters. The Balaban J connectivity index is 1.67. The summed E-state index contributed by atoms with van der Waals surface area (Å²) in [5.41, 5.74) is 2.26. The van der Waals surface area contributed by atoms with Gasteiger partial charge in [0, 0.05) is 15.6 Å². The Morgan fingerprint density at radius 2 is 1.70 bits per heavy atom. The van der Waals surface area contributed by atoms with Crippen LogP contribution < -0.4 is 9.64 Å². The van der Waals surface area contributed by atoms with E-state index in [9.17, 15) is 9.59 Å².